The van der Waals surface area contributed by atoms with Crippen molar-refractivity contribution in [3.63, 3.8) is 0 Å². The molecule has 0 atom stereocenters. The summed E-state index contributed by atoms with van der Waals surface area (Å²) < 4.78 is 4.34. The summed E-state index contributed by atoms with van der Waals surface area (Å²) in [7, 11) is 0. The van der Waals surface area contributed by atoms with Crippen molar-refractivity contribution in [3.8, 4) is 67.6 Å². The summed E-state index contributed by atoms with van der Waals surface area (Å²) in [5.41, 5.74) is 14.2. The van der Waals surface area contributed by atoms with E-state index in [1.54, 1.807) is 0 Å². The zero-order valence-electron chi connectivity index (χ0n) is 33.1. The number of phenols is 2. The number of phenolic OH excluding ortho intramolecular Hbond substituents is 2. The Hall–Kier alpha value is -7.89. The van der Waals surface area contributed by atoms with Gasteiger partial charge in [-0.15, -0.1) is 0 Å². The lowest BCUT2D eigenvalue weighted by Crippen LogP contribution is -1.98. The van der Waals surface area contributed by atoms with Crippen LogP contribution >= 0.6 is 0 Å². The van der Waals surface area contributed by atoms with Gasteiger partial charge in [0.1, 0.15) is 11.5 Å². The van der Waals surface area contributed by atoms with Gasteiger partial charge in [0.15, 0.2) is 0 Å². The maximum atomic E-state index is 12.3. The molecule has 286 valence electrons. The summed E-state index contributed by atoms with van der Waals surface area (Å²) in [6.45, 7) is 4.15. The van der Waals surface area contributed by atoms with Crippen molar-refractivity contribution in [1.29, 1.82) is 0 Å². The first kappa shape index (κ1) is 35.3. The molecule has 0 amide bonds. The molecule has 5 heteroatoms. The maximum Gasteiger partial charge on any atom is 0.147 e. The van der Waals surface area contributed by atoms with Crippen LogP contribution in [-0.2, 0) is 0 Å². The number of aryl methyl sites for hydroxylation is 2. The number of hydrogen-bond donors (Lipinski definition) is 2. The van der Waals surface area contributed by atoms with E-state index in [-0.39, 0.29) is 11.5 Å². The molecule has 0 bridgehead atoms. The number of aromatic nitrogens is 3. The van der Waals surface area contributed by atoms with Gasteiger partial charge < -0.3 is 19.3 Å². The molecule has 3 heterocycles. The first-order chi connectivity index (χ1) is 29.4. The Kier molecular flexibility index (Phi) is 8.17. The normalized spacial score (nSPS) is 11.6. The Labute approximate surface area is 347 Å². The Morgan fingerprint density at radius 3 is 1.02 bits per heavy atom. The van der Waals surface area contributed by atoms with Crippen molar-refractivity contribution in [2.24, 2.45) is 0 Å². The molecular formula is C55H39N3O2. The van der Waals surface area contributed by atoms with Gasteiger partial charge in [-0.05, 0) is 96.8 Å². The number of fused-ring (bicyclic) bond motifs is 6. The van der Waals surface area contributed by atoms with E-state index < -0.39 is 0 Å². The first-order valence-electron chi connectivity index (χ1n) is 20.3. The molecule has 0 aliphatic rings. The van der Waals surface area contributed by atoms with Crippen molar-refractivity contribution in [1.82, 2.24) is 14.1 Å². The highest BCUT2D eigenvalue weighted by Gasteiger charge is 2.22. The average Bonchev–Trinajstić information content (AvgIpc) is 3.81. The Balaban J connectivity index is 1.05. The summed E-state index contributed by atoms with van der Waals surface area (Å²) >= 11 is 0. The van der Waals surface area contributed by atoms with Crippen LogP contribution in [-0.4, -0.2) is 24.3 Å². The second kappa shape index (κ2) is 13.9. The highest BCUT2D eigenvalue weighted by Crippen LogP contribution is 2.45. The number of pyridine rings is 1. The van der Waals surface area contributed by atoms with Crippen LogP contribution in [0.3, 0.4) is 0 Å². The first-order valence-corrected chi connectivity index (χ1v) is 20.3. The van der Waals surface area contributed by atoms with E-state index in [1.165, 1.54) is 0 Å². The van der Waals surface area contributed by atoms with Gasteiger partial charge in [0, 0.05) is 43.8 Å². The van der Waals surface area contributed by atoms with Crippen molar-refractivity contribution in [2.45, 2.75) is 13.8 Å². The minimum Gasteiger partial charge on any atom is -0.505 e. The maximum absolute atomic E-state index is 12.3. The third kappa shape index (κ3) is 5.51. The van der Waals surface area contributed by atoms with E-state index in [9.17, 15) is 10.2 Å². The number of nitrogens with zero attached hydrogens (tertiary/aromatic N) is 3. The number of rotatable bonds is 6. The Morgan fingerprint density at radius 2 is 0.650 bits per heavy atom. The molecule has 0 aliphatic carbocycles. The van der Waals surface area contributed by atoms with Crippen LogP contribution in [0.1, 0.15) is 11.1 Å². The minimum atomic E-state index is 0.204. The van der Waals surface area contributed by atoms with E-state index in [0.717, 1.165) is 111 Å². The Morgan fingerprint density at radius 1 is 0.333 bits per heavy atom. The molecule has 0 saturated carbocycles. The van der Waals surface area contributed by atoms with Crippen molar-refractivity contribution in [2.75, 3.05) is 0 Å². The lowest BCUT2D eigenvalue weighted by molar-refractivity contribution is 0.474. The summed E-state index contributed by atoms with van der Waals surface area (Å²) in [5.74, 6) is 0.407. The fraction of sp³-hybridized carbons (Fsp3) is 0.0364. The van der Waals surface area contributed by atoms with Crippen LogP contribution in [0.25, 0.3) is 99.8 Å². The molecule has 2 N–H and O–H groups in total. The van der Waals surface area contributed by atoms with Gasteiger partial charge in [-0.25, -0.2) is 4.98 Å². The van der Waals surface area contributed by atoms with E-state index in [4.69, 9.17) is 4.98 Å². The summed E-state index contributed by atoms with van der Waals surface area (Å²) in [5, 5.41) is 29.2. The van der Waals surface area contributed by atoms with Gasteiger partial charge in [0.2, 0.25) is 0 Å². The second-order valence-corrected chi connectivity index (χ2v) is 15.6. The lowest BCUT2D eigenvalue weighted by Gasteiger charge is -2.18. The third-order valence-electron chi connectivity index (χ3n) is 11.8. The molecule has 0 radical (unpaired) electrons. The fourth-order valence-corrected chi connectivity index (χ4v) is 9.25. The van der Waals surface area contributed by atoms with Crippen LogP contribution in [0.4, 0.5) is 0 Å². The molecule has 0 spiro atoms. The third-order valence-corrected chi connectivity index (χ3v) is 11.8. The number of para-hydroxylation sites is 4. The number of benzene rings is 8. The second-order valence-electron chi connectivity index (χ2n) is 15.6. The molecule has 11 aromatic rings. The van der Waals surface area contributed by atoms with Crippen LogP contribution in [0.5, 0.6) is 11.5 Å². The predicted octanol–water partition coefficient (Wildman–Crippen LogP) is 14.0. The van der Waals surface area contributed by atoms with Crippen LogP contribution in [0.15, 0.2) is 188 Å². The SMILES string of the molecule is Cc1cc(-c2ccccc2-c2cccc(-c3ccccc3-c3cc(C)cc(-n4c5ccccc5c5ccccc54)c3O)n2)c(O)c(-n2c3ccccc3c3ccccc32)c1. The minimum absolute atomic E-state index is 0.204. The molecule has 8 aromatic carbocycles. The van der Waals surface area contributed by atoms with Gasteiger partial charge >= 0.3 is 0 Å². The molecule has 0 unspecified atom stereocenters. The highest BCUT2D eigenvalue weighted by atomic mass is 16.3. The summed E-state index contributed by atoms with van der Waals surface area (Å²) in [4.78, 5) is 5.32. The van der Waals surface area contributed by atoms with Gasteiger partial charge in [-0.1, -0.05) is 127 Å². The van der Waals surface area contributed by atoms with Gasteiger partial charge in [-0.3, -0.25) is 0 Å². The van der Waals surface area contributed by atoms with Crippen molar-refractivity contribution < 1.29 is 10.2 Å². The summed E-state index contributed by atoms with van der Waals surface area (Å²) in [6.07, 6.45) is 0. The molecule has 0 fully saturated rings. The molecule has 5 nitrogen and oxygen atoms in total. The molecule has 60 heavy (non-hydrogen) atoms. The van der Waals surface area contributed by atoms with E-state index in [0.29, 0.717) is 0 Å². The predicted molar refractivity (Wildman–Crippen MR) is 247 cm³/mol. The average molecular weight is 774 g/mol. The van der Waals surface area contributed by atoms with Crippen LogP contribution in [0, 0.1) is 13.8 Å². The molecule has 0 saturated heterocycles. The Bertz CT molecular complexity index is 3160. The van der Waals surface area contributed by atoms with Gasteiger partial charge in [0.25, 0.3) is 0 Å². The lowest BCUT2D eigenvalue weighted by atomic mass is 9.93. The standard InChI is InChI=1S/C55H39N3O2/c1-34-30-44(54(59)52(32-34)57-48-26-11-7-20-40(48)41-21-8-12-27-49(41)57)36-16-3-5-18-38(36)46-24-15-25-47(56-46)39-19-6-4-17-37(39)45-31-35(2)33-53(55(45)60)58-50-28-13-9-22-42(50)43-23-10-14-29-51(43)58/h3-33,59-60H,1-2H3. The fourth-order valence-electron chi connectivity index (χ4n) is 9.25. The van der Waals surface area contributed by atoms with E-state index >= 15 is 0 Å². The topological polar surface area (TPSA) is 63.2 Å². The highest BCUT2D eigenvalue weighted by molar-refractivity contribution is 6.11. The summed E-state index contributed by atoms with van der Waals surface area (Å²) in [6, 6.07) is 64.0. The quantitative estimate of drug-likeness (QED) is 0.177. The van der Waals surface area contributed by atoms with Crippen LogP contribution < -0.4 is 0 Å². The molecule has 3 aromatic heterocycles. The smallest absolute Gasteiger partial charge is 0.147 e. The van der Waals surface area contributed by atoms with Crippen molar-refractivity contribution >= 4 is 43.6 Å². The van der Waals surface area contributed by atoms with Crippen LogP contribution in [0.2, 0.25) is 0 Å². The number of hydrogen-bond acceptors (Lipinski definition) is 3. The van der Waals surface area contributed by atoms with Gasteiger partial charge in [0.05, 0.1) is 44.8 Å². The molecular weight excluding hydrogens is 735 g/mol. The van der Waals surface area contributed by atoms with Gasteiger partial charge in [-0.2, -0.15) is 0 Å². The van der Waals surface area contributed by atoms with E-state index in [2.05, 4.69) is 144 Å². The van der Waals surface area contributed by atoms with E-state index in [1.807, 2.05) is 66.7 Å². The number of aromatic hydroxyl groups is 2. The zero-order chi connectivity index (χ0) is 40.5. The molecule has 0 aliphatic heterocycles. The molecule has 11 rings (SSSR count). The zero-order valence-corrected chi connectivity index (χ0v) is 33.1. The van der Waals surface area contributed by atoms with Crippen molar-refractivity contribution in [3.05, 3.63) is 199 Å². The largest absolute Gasteiger partial charge is 0.505 e. The monoisotopic (exact) mass is 773 g/mol.